The Morgan fingerprint density at radius 1 is 1.00 bits per heavy atom. The summed E-state index contributed by atoms with van der Waals surface area (Å²) in [5, 5.41) is 2.76. The molecule has 1 unspecified atom stereocenters. The van der Waals surface area contributed by atoms with Crippen molar-refractivity contribution in [2.24, 2.45) is 0 Å². The van der Waals surface area contributed by atoms with Crippen LogP contribution in [0, 0.1) is 5.82 Å². The Kier molecular flexibility index (Phi) is 4.68. The number of amides is 2. The number of carbonyl (C=O) groups is 2. The molecule has 2 saturated heterocycles. The molecule has 2 bridgehead atoms. The molecule has 1 N–H and O–H groups in total. The van der Waals surface area contributed by atoms with Gasteiger partial charge in [-0.1, -0.05) is 24.3 Å². The summed E-state index contributed by atoms with van der Waals surface area (Å²) in [5.74, 6) is -0.0562. The first-order valence-corrected chi connectivity index (χ1v) is 9.47. The lowest BCUT2D eigenvalue weighted by atomic mass is 9.84. The monoisotopic (exact) mass is 366 g/mol. The predicted molar refractivity (Wildman–Crippen MR) is 102 cm³/mol. The van der Waals surface area contributed by atoms with Crippen LogP contribution in [-0.4, -0.2) is 28.8 Å². The molecule has 3 atom stereocenters. The van der Waals surface area contributed by atoms with Crippen LogP contribution in [0.15, 0.2) is 48.5 Å². The molecule has 0 aliphatic carbocycles. The van der Waals surface area contributed by atoms with Gasteiger partial charge in [-0.05, 0) is 61.4 Å². The third-order valence-electron chi connectivity index (χ3n) is 5.78. The molecule has 2 amide bonds. The number of para-hydroxylation sites is 1. The average Bonchev–Trinajstić information content (AvgIpc) is 2.91. The Bertz CT molecular complexity index is 851. The van der Waals surface area contributed by atoms with Crippen molar-refractivity contribution < 1.29 is 14.0 Å². The number of carbonyl (C=O) groups excluding carboxylic acids is 2. The minimum Gasteiger partial charge on any atom is -0.333 e. The summed E-state index contributed by atoms with van der Waals surface area (Å²) < 4.78 is 13.2. The molecule has 0 spiro atoms. The van der Waals surface area contributed by atoms with Crippen molar-refractivity contribution in [1.29, 1.82) is 0 Å². The Morgan fingerprint density at radius 3 is 2.26 bits per heavy atom. The predicted octanol–water partition coefficient (Wildman–Crippen LogP) is 4.33. The molecule has 0 radical (unpaired) electrons. The first-order valence-electron chi connectivity index (χ1n) is 9.47. The maximum atomic E-state index is 13.3. The molecular weight excluding hydrogens is 343 g/mol. The van der Waals surface area contributed by atoms with Crippen LogP contribution in [0.2, 0.25) is 0 Å². The quantitative estimate of drug-likeness (QED) is 0.879. The van der Waals surface area contributed by atoms with Crippen molar-refractivity contribution in [3.63, 3.8) is 0 Å². The number of hydrogen-bond donors (Lipinski definition) is 1. The van der Waals surface area contributed by atoms with E-state index in [1.54, 1.807) is 12.1 Å². The van der Waals surface area contributed by atoms with Gasteiger partial charge in [-0.25, -0.2) is 4.39 Å². The minimum atomic E-state index is -0.219. The van der Waals surface area contributed by atoms with Crippen molar-refractivity contribution in [2.45, 2.75) is 50.6 Å². The van der Waals surface area contributed by atoms with Crippen molar-refractivity contribution in [1.82, 2.24) is 4.90 Å². The third-order valence-corrected chi connectivity index (χ3v) is 5.78. The molecule has 2 heterocycles. The fourth-order valence-corrected chi connectivity index (χ4v) is 4.62. The van der Waals surface area contributed by atoms with Gasteiger partial charge in [0, 0.05) is 19.0 Å². The maximum Gasteiger partial charge on any atom is 0.256 e. The van der Waals surface area contributed by atoms with Crippen LogP contribution in [0.4, 0.5) is 10.1 Å². The molecule has 140 valence electrons. The van der Waals surface area contributed by atoms with Crippen molar-refractivity contribution in [3.8, 4) is 0 Å². The fourth-order valence-electron chi connectivity index (χ4n) is 4.62. The summed E-state index contributed by atoms with van der Waals surface area (Å²) >= 11 is 0. The van der Waals surface area contributed by atoms with Crippen LogP contribution >= 0.6 is 0 Å². The Labute approximate surface area is 158 Å². The number of rotatable bonds is 3. The van der Waals surface area contributed by atoms with Gasteiger partial charge in [0.15, 0.2) is 0 Å². The van der Waals surface area contributed by atoms with Crippen LogP contribution < -0.4 is 5.32 Å². The normalized spacial score (nSPS) is 23.9. The van der Waals surface area contributed by atoms with E-state index < -0.39 is 0 Å². The minimum absolute atomic E-state index is 0.00981. The van der Waals surface area contributed by atoms with E-state index in [4.69, 9.17) is 0 Å². The smallest absolute Gasteiger partial charge is 0.256 e. The Morgan fingerprint density at radius 2 is 1.63 bits per heavy atom. The molecule has 2 fully saturated rings. The third kappa shape index (κ3) is 3.46. The molecule has 27 heavy (non-hydrogen) atoms. The van der Waals surface area contributed by atoms with Gasteiger partial charge in [0.05, 0.1) is 11.3 Å². The second-order valence-electron chi connectivity index (χ2n) is 7.54. The number of anilines is 1. The van der Waals surface area contributed by atoms with E-state index in [2.05, 4.69) is 5.32 Å². The van der Waals surface area contributed by atoms with Crippen molar-refractivity contribution >= 4 is 17.5 Å². The lowest BCUT2D eigenvalue weighted by molar-refractivity contribution is -0.114. The van der Waals surface area contributed by atoms with Crippen molar-refractivity contribution in [3.05, 3.63) is 65.5 Å². The van der Waals surface area contributed by atoms with E-state index in [1.807, 2.05) is 29.2 Å². The second-order valence-corrected chi connectivity index (χ2v) is 7.54. The van der Waals surface area contributed by atoms with Crippen LogP contribution in [0.3, 0.4) is 0 Å². The lowest BCUT2D eigenvalue weighted by Crippen LogP contribution is -2.46. The molecule has 4 rings (SSSR count). The summed E-state index contributed by atoms with van der Waals surface area (Å²) in [6, 6.07) is 14.3. The zero-order chi connectivity index (χ0) is 19.0. The fraction of sp³-hybridized carbons (Fsp3) is 0.364. The van der Waals surface area contributed by atoms with Gasteiger partial charge in [-0.3, -0.25) is 9.59 Å². The van der Waals surface area contributed by atoms with Gasteiger partial charge in [0.25, 0.3) is 5.91 Å². The van der Waals surface area contributed by atoms with E-state index in [1.165, 1.54) is 19.1 Å². The summed E-state index contributed by atoms with van der Waals surface area (Å²) in [6.07, 6.45) is 3.79. The molecule has 0 saturated carbocycles. The van der Waals surface area contributed by atoms with E-state index in [-0.39, 0.29) is 29.7 Å². The van der Waals surface area contributed by atoms with Crippen LogP contribution in [-0.2, 0) is 4.79 Å². The number of benzene rings is 2. The molecule has 2 aliphatic rings. The van der Waals surface area contributed by atoms with Crippen LogP contribution in [0.25, 0.3) is 0 Å². The van der Waals surface area contributed by atoms with Gasteiger partial charge >= 0.3 is 0 Å². The second kappa shape index (κ2) is 7.14. The van der Waals surface area contributed by atoms with Gasteiger partial charge < -0.3 is 10.2 Å². The number of nitrogens with one attached hydrogen (secondary N) is 1. The highest BCUT2D eigenvalue weighted by atomic mass is 19.1. The molecule has 2 aromatic rings. The largest absolute Gasteiger partial charge is 0.333 e. The van der Waals surface area contributed by atoms with E-state index >= 15 is 0 Å². The molecule has 2 aromatic carbocycles. The highest BCUT2D eigenvalue weighted by molar-refractivity contribution is 6.03. The van der Waals surface area contributed by atoms with Gasteiger partial charge in [-0.15, -0.1) is 0 Å². The molecule has 4 nitrogen and oxygen atoms in total. The van der Waals surface area contributed by atoms with Gasteiger partial charge in [0.2, 0.25) is 5.91 Å². The molecule has 0 aromatic heterocycles. The Hall–Kier alpha value is -2.69. The zero-order valence-corrected chi connectivity index (χ0v) is 15.3. The number of fused-ring (bicyclic) bond motifs is 2. The summed E-state index contributed by atoms with van der Waals surface area (Å²) in [4.78, 5) is 26.8. The molecule has 5 heteroatoms. The van der Waals surface area contributed by atoms with Crippen LogP contribution in [0.5, 0.6) is 0 Å². The summed E-state index contributed by atoms with van der Waals surface area (Å²) in [6.45, 7) is 1.44. The number of hydrogen-bond acceptors (Lipinski definition) is 2. The van der Waals surface area contributed by atoms with Gasteiger partial charge in [-0.2, -0.15) is 0 Å². The van der Waals surface area contributed by atoms with Gasteiger partial charge in [0.1, 0.15) is 5.82 Å². The summed E-state index contributed by atoms with van der Waals surface area (Å²) in [5.41, 5.74) is 2.26. The van der Waals surface area contributed by atoms with E-state index in [9.17, 15) is 14.0 Å². The summed E-state index contributed by atoms with van der Waals surface area (Å²) in [7, 11) is 0. The number of halogens is 1. The SMILES string of the molecule is CC(=O)Nc1ccccc1C(=O)N1[C@@H]2CC[C@H]1CC(c1ccc(F)cc1)C2. The first-order chi connectivity index (χ1) is 13.0. The van der Waals surface area contributed by atoms with E-state index in [0.29, 0.717) is 17.2 Å². The first kappa shape index (κ1) is 17.7. The molecule has 2 aliphatic heterocycles. The maximum absolute atomic E-state index is 13.3. The highest BCUT2D eigenvalue weighted by Gasteiger charge is 2.44. The highest BCUT2D eigenvalue weighted by Crippen LogP contribution is 2.44. The van der Waals surface area contributed by atoms with E-state index in [0.717, 1.165) is 31.2 Å². The van der Waals surface area contributed by atoms with Crippen LogP contribution in [0.1, 0.15) is 54.4 Å². The molecular formula is C22H23FN2O2. The Balaban J connectivity index is 1.56. The number of piperidine rings is 1. The standard InChI is InChI=1S/C22H23FN2O2/c1-14(26)24-21-5-3-2-4-20(21)22(27)25-18-10-11-19(25)13-16(12-18)15-6-8-17(23)9-7-15/h2-9,16,18-19H,10-13H2,1H3,(H,24,26)/t16?,18-,19+. The zero-order valence-electron chi connectivity index (χ0n) is 15.3. The van der Waals surface area contributed by atoms with Crippen molar-refractivity contribution in [2.75, 3.05) is 5.32 Å². The number of nitrogens with zero attached hydrogens (tertiary/aromatic N) is 1. The average molecular weight is 366 g/mol. The lowest BCUT2D eigenvalue weighted by Gasteiger charge is -2.39. The topological polar surface area (TPSA) is 49.4 Å².